The number of fused-ring (bicyclic) bond motifs is 7. The van der Waals surface area contributed by atoms with Crippen LogP contribution in [0.15, 0.2) is 95.4 Å². The van der Waals surface area contributed by atoms with Crippen LogP contribution in [0.4, 0.5) is 17.1 Å². The Labute approximate surface area is 271 Å². The number of halogens is 1. The SMILES string of the molecule is Cc1cc2c(cc1N(c1cc(Cl)c3c(c1)oc1ccccc13)c1cccc3c1-c1ccccc1C3(C)C)C(C)(C)CCC2(C)C. The van der Waals surface area contributed by atoms with E-state index in [9.17, 15) is 0 Å². The van der Waals surface area contributed by atoms with E-state index in [4.69, 9.17) is 16.0 Å². The molecule has 1 heterocycles. The molecule has 0 unspecified atom stereocenters. The fraction of sp³-hybridized carbons (Fsp3) is 0.286. The van der Waals surface area contributed by atoms with Crippen molar-refractivity contribution in [1.82, 2.24) is 0 Å². The van der Waals surface area contributed by atoms with Gasteiger partial charge in [0.05, 0.1) is 16.4 Å². The Hall–Kier alpha value is -4.01. The molecule has 0 atom stereocenters. The van der Waals surface area contributed by atoms with Gasteiger partial charge in [-0.2, -0.15) is 0 Å². The summed E-state index contributed by atoms with van der Waals surface area (Å²) in [5.74, 6) is 0. The zero-order valence-electron chi connectivity index (χ0n) is 27.3. The second-order valence-corrected chi connectivity index (χ2v) is 15.5. The predicted octanol–water partition coefficient (Wildman–Crippen LogP) is 12.7. The largest absolute Gasteiger partial charge is 0.456 e. The van der Waals surface area contributed by atoms with Gasteiger partial charge < -0.3 is 9.32 Å². The first-order chi connectivity index (χ1) is 21.4. The number of aryl methyl sites for hydroxylation is 1. The maximum Gasteiger partial charge on any atom is 0.139 e. The Balaban J connectivity index is 1.46. The van der Waals surface area contributed by atoms with Gasteiger partial charge in [-0.15, -0.1) is 0 Å². The quantitative estimate of drug-likeness (QED) is 0.198. The maximum absolute atomic E-state index is 7.20. The highest BCUT2D eigenvalue weighted by Crippen LogP contribution is 2.56. The van der Waals surface area contributed by atoms with Crippen LogP contribution in [-0.2, 0) is 16.2 Å². The summed E-state index contributed by atoms with van der Waals surface area (Å²) in [5, 5.41) is 2.70. The Bertz CT molecular complexity index is 2180. The van der Waals surface area contributed by atoms with Crippen molar-refractivity contribution < 1.29 is 4.42 Å². The maximum atomic E-state index is 7.20. The van der Waals surface area contributed by atoms with Gasteiger partial charge in [-0.1, -0.05) is 114 Å². The van der Waals surface area contributed by atoms with Crippen LogP contribution in [-0.4, -0.2) is 0 Å². The number of nitrogens with zero attached hydrogens (tertiary/aromatic N) is 1. The molecule has 8 rings (SSSR count). The molecule has 1 aromatic heterocycles. The van der Waals surface area contributed by atoms with E-state index in [0.717, 1.165) is 39.7 Å². The molecule has 5 aromatic carbocycles. The zero-order valence-corrected chi connectivity index (χ0v) is 28.1. The van der Waals surface area contributed by atoms with E-state index in [1.54, 1.807) is 0 Å². The number of rotatable bonds is 3. The van der Waals surface area contributed by atoms with Gasteiger partial charge in [0.1, 0.15) is 11.2 Å². The summed E-state index contributed by atoms with van der Waals surface area (Å²) in [6.45, 7) is 16.6. The molecule has 0 bridgehead atoms. The zero-order chi connectivity index (χ0) is 31.5. The van der Waals surface area contributed by atoms with E-state index in [1.165, 1.54) is 51.1 Å². The van der Waals surface area contributed by atoms with E-state index in [0.29, 0.717) is 5.02 Å². The first-order valence-corrected chi connectivity index (χ1v) is 16.6. The van der Waals surface area contributed by atoms with Gasteiger partial charge in [0.25, 0.3) is 0 Å². The van der Waals surface area contributed by atoms with Crippen LogP contribution in [0.5, 0.6) is 0 Å². The molecule has 0 radical (unpaired) electrons. The number of benzene rings is 5. The molecule has 0 aliphatic heterocycles. The lowest BCUT2D eigenvalue weighted by Crippen LogP contribution is -2.34. The van der Waals surface area contributed by atoms with Crippen molar-refractivity contribution >= 4 is 50.6 Å². The van der Waals surface area contributed by atoms with Crippen molar-refractivity contribution in [3.8, 4) is 11.1 Å². The van der Waals surface area contributed by atoms with Crippen LogP contribution < -0.4 is 4.90 Å². The van der Waals surface area contributed by atoms with E-state index < -0.39 is 0 Å². The summed E-state index contributed by atoms with van der Waals surface area (Å²) in [6, 6.07) is 33.1. The standard InChI is InChI=1S/C42H40ClNO/c1-25-21-31-32(41(4,5)20-19-40(31,2)3)24-35(25)44(26-22-33(43)39-28-14-9-11-18-36(28)45-37(39)23-26)34-17-12-16-30-38(34)27-13-8-10-15-29(27)42(30,6)7/h8-18,21-24H,19-20H2,1-7H3. The predicted molar refractivity (Wildman–Crippen MR) is 191 cm³/mol. The average Bonchev–Trinajstić information content (AvgIpc) is 3.49. The van der Waals surface area contributed by atoms with Gasteiger partial charge in [0.2, 0.25) is 0 Å². The lowest BCUT2D eigenvalue weighted by atomic mass is 9.63. The summed E-state index contributed by atoms with van der Waals surface area (Å²) in [4.78, 5) is 2.45. The van der Waals surface area contributed by atoms with Crippen molar-refractivity contribution in [2.24, 2.45) is 0 Å². The smallest absolute Gasteiger partial charge is 0.139 e. The van der Waals surface area contributed by atoms with Crippen LogP contribution in [0.2, 0.25) is 5.02 Å². The van der Waals surface area contributed by atoms with E-state index >= 15 is 0 Å². The molecule has 2 nitrogen and oxygen atoms in total. The second kappa shape index (κ2) is 9.50. The first kappa shape index (κ1) is 28.5. The van der Waals surface area contributed by atoms with Crippen LogP contribution in [0.1, 0.15) is 82.2 Å². The molecule has 0 spiro atoms. The van der Waals surface area contributed by atoms with Crippen LogP contribution >= 0.6 is 11.6 Å². The molecule has 0 N–H and O–H groups in total. The van der Waals surface area contributed by atoms with Gasteiger partial charge in [-0.3, -0.25) is 0 Å². The lowest BCUT2D eigenvalue weighted by Gasteiger charge is -2.43. The number of hydrogen-bond donors (Lipinski definition) is 0. The third kappa shape index (κ3) is 4.08. The summed E-state index contributed by atoms with van der Waals surface area (Å²) in [5.41, 5.74) is 14.5. The summed E-state index contributed by atoms with van der Waals surface area (Å²) in [7, 11) is 0. The second-order valence-electron chi connectivity index (χ2n) is 15.1. The fourth-order valence-electron chi connectivity index (χ4n) is 8.20. The van der Waals surface area contributed by atoms with Crippen LogP contribution in [0, 0.1) is 6.92 Å². The molecular weight excluding hydrogens is 570 g/mol. The number of anilines is 3. The first-order valence-electron chi connectivity index (χ1n) is 16.2. The van der Waals surface area contributed by atoms with Gasteiger partial charge in [-0.05, 0) is 88.2 Å². The lowest BCUT2D eigenvalue weighted by molar-refractivity contribution is 0.332. The molecular formula is C42H40ClNO. The van der Waals surface area contributed by atoms with Crippen molar-refractivity contribution in [3.63, 3.8) is 0 Å². The summed E-state index contributed by atoms with van der Waals surface area (Å²) in [6.07, 6.45) is 2.35. The third-order valence-electron chi connectivity index (χ3n) is 10.9. The Morgan fingerprint density at radius 1 is 0.644 bits per heavy atom. The van der Waals surface area contributed by atoms with E-state index in [-0.39, 0.29) is 16.2 Å². The Morgan fingerprint density at radius 2 is 1.31 bits per heavy atom. The molecule has 0 fully saturated rings. The highest BCUT2D eigenvalue weighted by atomic mass is 35.5. The molecule has 45 heavy (non-hydrogen) atoms. The van der Waals surface area contributed by atoms with Crippen molar-refractivity contribution in [2.75, 3.05) is 4.90 Å². The topological polar surface area (TPSA) is 16.4 Å². The third-order valence-corrected chi connectivity index (χ3v) is 11.2. The minimum absolute atomic E-state index is 0.0759. The van der Waals surface area contributed by atoms with Crippen LogP contribution in [0.25, 0.3) is 33.1 Å². The average molecular weight is 610 g/mol. The molecule has 0 saturated heterocycles. The Morgan fingerprint density at radius 3 is 2.09 bits per heavy atom. The van der Waals surface area contributed by atoms with Gasteiger partial charge in [0, 0.05) is 33.5 Å². The Kier molecular flexibility index (Phi) is 6.01. The normalized spacial score (nSPS) is 17.2. The molecule has 6 aromatic rings. The fourth-order valence-corrected chi connectivity index (χ4v) is 8.51. The van der Waals surface area contributed by atoms with E-state index in [2.05, 4.69) is 126 Å². The van der Waals surface area contributed by atoms with E-state index in [1.807, 2.05) is 18.2 Å². The van der Waals surface area contributed by atoms with Crippen LogP contribution in [0.3, 0.4) is 0 Å². The van der Waals surface area contributed by atoms with Crippen molar-refractivity contribution in [3.05, 3.63) is 124 Å². The molecule has 3 heteroatoms. The number of furan rings is 1. The van der Waals surface area contributed by atoms with Gasteiger partial charge in [0.15, 0.2) is 0 Å². The summed E-state index contributed by atoms with van der Waals surface area (Å²) >= 11 is 7.20. The summed E-state index contributed by atoms with van der Waals surface area (Å²) < 4.78 is 6.45. The highest BCUT2D eigenvalue weighted by molar-refractivity contribution is 6.38. The minimum atomic E-state index is -0.106. The molecule has 0 saturated carbocycles. The highest BCUT2D eigenvalue weighted by Gasteiger charge is 2.40. The number of para-hydroxylation sites is 1. The van der Waals surface area contributed by atoms with Crippen molar-refractivity contribution in [2.45, 2.75) is 77.6 Å². The van der Waals surface area contributed by atoms with Gasteiger partial charge >= 0.3 is 0 Å². The molecule has 0 amide bonds. The van der Waals surface area contributed by atoms with Gasteiger partial charge in [-0.25, -0.2) is 0 Å². The molecule has 2 aliphatic rings. The molecule has 2 aliphatic carbocycles. The number of hydrogen-bond acceptors (Lipinski definition) is 2. The molecule has 226 valence electrons. The minimum Gasteiger partial charge on any atom is -0.456 e. The monoisotopic (exact) mass is 609 g/mol. The van der Waals surface area contributed by atoms with Crippen molar-refractivity contribution in [1.29, 1.82) is 0 Å².